The number of aromatic nitrogens is 1. The van der Waals surface area contributed by atoms with Crippen LogP contribution in [0.5, 0.6) is 0 Å². The van der Waals surface area contributed by atoms with Gasteiger partial charge in [-0.25, -0.2) is 0 Å². The maximum absolute atomic E-state index is 12.2. The van der Waals surface area contributed by atoms with E-state index in [4.69, 9.17) is 0 Å². The molecule has 0 aliphatic carbocycles. The molecule has 0 radical (unpaired) electrons. The van der Waals surface area contributed by atoms with Gasteiger partial charge in [-0.1, -0.05) is 12.1 Å². The zero-order chi connectivity index (χ0) is 16.1. The molecule has 0 aliphatic rings. The number of carbonyl (C=O) groups is 2. The number of hydrogen-bond donors (Lipinski definition) is 2. The van der Waals surface area contributed by atoms with E-state index in [1.54, 1.807) is 0 Å². The van der Waals surface area contributed by atoms with E-state index in [0.29, 0.717) is 16.8 Å². The van der Waals surface area contributed by atoms with Crippen LogP contribution in [0.4, 0.5) is 5.69 Å². The average molecular weight is 297 g/mol. The summed E-state index contributed by atoms with van der Waals surface area (Å²) in [5.74, 6) is -0.537. The van der Waals surface area contributed by atoms with Crippen molar-refractivity contribution in [2.45, 2.75) is 26.8 Å². The molecule has 0 spiro atoms. The molecule has 1 heterocycles. The van der Waals surface area contributed by atoms with Crippen LogP contribution in [0.3, 0.4) is 0 Å². The number of pyridine rings is 1. The Labute approximate surface area is 129 Å². The van der Waals surface area contributed by atoms with Crippen LogP contribution in [-0.4, -0.2) is 22.8 Å². The van der Waals surface area contributed by atoms with Crippen LogP contribution in [0, 0.1) is 6.92 Å². The molecule has 0 saturated heterocycles. The summed E-state index contributed by atoms with van der Waals surface area (Å²) in [6, 6.07) is 9.07. The van der Waals surface area contributed by atoms with Crippen molar-refractivity contribution in [2.75, 3.05) is 5.32 Å². The Morgan fingerprint density at radius 3 is 2.36 bits per heavy atom. The minimum Gasteiger partial charge on any atom is -0.350 e. The first-order valence-electron chi connectivity index (χ1n) is 7.09. The Morgan fingerprint density at radius 2 is 1.73 bits per heavy atom. The van der Waals surface area contributed by atoms with Crippen LogP contribution in [0.15, 0.2) is 42.7 Å². The second-order valence-electron chi connectivity index (χ2n) is 5.41. The zero-order valence-electron chi connectivity index (χ0n) is 12.9. The van der Waals surface area contributed by atoms with E-state index in [2.05, 4.69) is 15.6 Å². The van der Waals surface area contributed by atoms with E-state index in [1.165, 1.54) is 18.5 Å². The number of nitrogens with zero attached hydrogens (tertiary/aromatic N) is 1. The van der Waals surface area contributed by atoms with Gasteiger partial charge in [0.15, 0.2) is 0 Å². The average Bonchev–Trinajstić information content (AvgIpc) is 2.46. The molecule has 1 aromatic carbocycles. The molecule has 2 rings (SSSR count). The van der Waals surface area contributed by atoms with Gasteiger partial charge in [0, 0.05) is 24.1 Å². The molecule has 2 N–H and O–H groups in total. The van der Waals surface area contributed by atoms with Crippen molar-refractivity contribution in [1.82, 2.24) is 10.3 Å². The molecular formula is C17H19N3O2. The molecule has 5 nitrogen and oxygen atoms in total. The Morgan fingerprint density at radius 1 is 1.05 bits per heavy atom. The molecule has 1 aromatic heterocycles. The molecule has 2 amide bonds. The van der Waals surface area contributed by atoms with Crippen molar-refractivity contribution >= 4 is 17.5 Å². The lowest BCUT2D eigenvalue weighted by Crippen LogP contribution is -2.30. The van der Waals surface area contributed by atoms with Crippen molar-refractivity contribution in [3.05, 3.63) is 59.4 Å². The topological polar surface area (TPSA) is 71.1 Å². The van der Waals surface area contributed by atoms with Gasteiger partial charge in [0.25, 0.3) is 11.8 Å². The molecule has 0 atom stereocenters. The number of benzene rings is 1. The van der Waals surface area contributed by atoms with Crippen LogP contribution in [0.25, 0.3) is 0 Å². The highest BCUT2D eigenvalue weighted by molar-refractivity contribution is 6.05. The van der Waals surface area contributed by atoms with Crippen molar-refractivity contribution < 1.29 is 9.59 Å². The third-order valence-electron chi connectivity index (χ3n) is 2.96. The maximum atomic E-state index is 12.2. The lowest BCUT2D eigenvalue weighted by molar-refractivity contribution is 0.0942. The largest absolute Gasteiger partial charge is 0.350 e. The Balaban J connectivity index is 2.15. The van der Waals surface area contributed by atoms with Gasteiger partial charge in [0.2, 0.25) is 0 Å². The number of rotatable bonds is 4. The highest BCUT2D eigenvalue weighted by atomic mass is 16.2. The summed E-state index contributed by atoms with van der Waals surface area (Å²) in [5, 5.41) is 5.57. The molecule has 0 fully saturated rings. The van der Waals surface area contributed by atoms with Crippen LogP contribution in [0.2, 0.25) is 0 Å². The van der Waals surface area contributed by atoms with E-state index in [-0.39, 0.29) is 17.9 Å². The summed E-state index contributed by atoms with van der Waals surface area (Å²) in [4.78, 5) is 28.2. The second kappa shape index (κ2) is 6.85. The van der Waals surface area contributed by atoms with Crippen LogP contribution < -0.4 is 10.6 Å². The van der Waals surface area contributed by atoms with Gasteiger partial charge < -0.3 is 10.6 Å². The number of carbonyl (C=O) groups excluding carboxylic acids is 2. The molecule has 2 aromatic rings. The standard InChI is InChI=1S/C17H19N3O2/c1-11(2)19-16(21)13-8-14(10-18-9-13)17(22)20-15-6-4-5-12(3)7-15/h4-11H,1-3H3,(H,19,21)(H,20,22). The van der Waals surface area contributed by atoms with Crippen molar-refractivity contribution in [1.29, 1.82) is 0 Å². The van der Waals surface area contributed by atoms with E-state index >= 15 is 0 Å². The first kappa shape index (κ1) is 15.7. The van der Waals surface area contributed by atoms with Crippen LogP contribution in [0.1, 0.15) is 40.1 Å². The van der Waals surface area contributed by atoms with Crippen LogP contribution in [-0.2, 0) is 0 Å². The van der Waals surface area contributed by atoms with Crippen molar-refractivity contribution in [2.24, 2.45) is 0 Å². The fourth-order valence-corrected chi connectivity index (χ4v) is 1.96. The fourth-order valence-electron chi connectivity index (χ4n) is 1.96. The molecule has 5 heteroatoms. The summed E-state index contributed by atoms with van der Waals surface area (Å²) in [6.45, 7) is 5.70. The fraction of sp³-hybridized carbons (Fsp3) is 0.235. The summed E-state index contributed by atoms with van der Waals surface area (Å²) >= 11 is 0. The molecule has 114 valence electrons. The number of nitrogens with one attached hydrogen (secondary N) is 2. The Hall–Kier alpha value is -2.69. The first-order chi connectivity index (χ1) is 10.5. The number of amides is 2. The third-order valence-corrected chi connectivity index (χ3v) is 2.96. The van der Waals surface area contributed by atoms with Crippen LogP contribution >= 0.6 is 0 Å². The number of aryl methyl sites for hydroxylation is 1. The van der Waals surface area contributed by atoms with Gasteiger partial charge in [-0.05, 0) is 44.5 Å². The second-order valence-corrected chi connectivity index (χ2v) is 5.41. The summed E-state index contributed by atoms with van der Waals surface area (Å²) in [7, 11) is 0. The number of anilines is 1. The molecule has 0 aliphatic heterocycles. The van der Waals surface area contributed by atoms with Gasteiger partial charge in [-0.15, -0.1) is 0 Å². The summed E-state index contributed by atoms with van der Waals surface area (Å²) < 4.78 is 0. The van der Waals surface area contributed by atoms with E-state index in [1.807, 2.05) is 45.0 Å². The zero-order valence-corrected chi connectivity index (χ0v) is 12.9. The maximum Gasteiger partial charge on any atom is 0.257 e. The minimum atomic E-state index is -0.294. The monoisotopic (exact) mass is 297 g/mol. The van der Waals surface area contributed by atoms with Gasteiger partial charge >= 0.3 is 0 Å². The lowest BCUT2D eigenvalue weighted by Gasteiger charge is -2.09. The van der Waals surface area contributed by atoms with E-state index < -0.39 is 0 Å². The first-order valence-corrected chi connectivity index (χ1v) is 7.09. The Bertz CT molecular complexity index is 696. The number of hydrogen-bond acceptors (Lipinski definition) is 3. The summed E-state index contributed by atoms with van der Waals surface area (Å²) in [5.41, 5.74) is 2.48. The molecule has 0 bridgehead atoms. The highest BCUT2D eigenvalue weighted by Gasteiger charge is 2.12. The molecule has 22 heavy (non-hydrogen) atoms. The smallest absolute Gasteiger partial charge is 0.257 e. The highest BCUT2D eigenvalue weighted by Crippen LogP contribution is 2.12. The third kappa shape index (κ3) is 4.15. The molecule has 0 unspecified atom stereocenters. The minimum absolute atomic E-state index is 0.0253. The van der Waals surface area contributed by atoms with Gasteiger partial charge in [-0.3, -0.25) is 14.6 Å². The summed E-state index contributed by atoms with van der Waals surface area (Å²) in [6.07, 6.45) is 2.89. The predicted molar refractivity (Wildman–Crippen MR) is 86.0 cm³/mol. The normalized spacial score (nSPS) is 10.4. The molecular weight excluding hydrogens is 278 g/mol. The van der Waals surface area contributed by atoms with E-state index in [9.17, 15) is 9.59 Å². The van der Waals surface area contributed by atoms with Gasteiger partial charge in [-0.2, -0.15) is 0 Å². The molecule has 0 saturated carbocycles. The quantitative estimate of drug-likeness (QED) is 0.911. The predicted octanol–water partition coefficient (Wildman–Crippen LogP) is 2.78. The van der Waals surface area contributed by atoms with E-state index in [0.717, 1.165) is 5.56 Å². The van der Waals surface area contributed by atoms with Gasteiger partial charge in [0.1, 0.15) is 0 Å². The van der Waals surface area contributed by atoms with Crippen molar-refractivity contribution in [3.63, 3.8) is 0 Å². The Kier molecular flexibility index (Phi) is 4.88. The van der Waals surface area contributed by atoms with Crippen molar-refractivity contribution in [3.8, 4) is 0 Å². The lowest BCUT2D eigenvalue weighted by atomic mass is 10.1. The van der Waals surface area contributed by atoms with Gasteiger partial charge in [0.05, 0.1) is 11.1 Å². The SMILES string of the molecule is Cc1cccc(NC(=O)c2cncc(C(=O)NC(C)C)c2)c1.